The summed E-state index contributed by atoms with van der Waals surface area (Å²) in [6, 6.07) is 7.93. The van der Waals surface area contributed by atoms with Crippen LogP contribution in [0.1, 0.15) is 12.5 Å². The van der Waals surface area contributed by atoms with Gasteiger partial charge in [0.2, 0.25) is 0 Å². The van der Waals surface area contributed by atoms with E-state index in [0.29, 0.717) is 18.7 Å². The minimum atomic E-state index is -0.337. The Hall–Kier alpha value is -1.81. The van der Waals surface area contributed by atoms with Crippen LogP contribution in [0.25, 0.3) is 0 Å². The molecule has 0 heterocycles. The fourth-order valence-electron chi connectivity index (χ4n) is 1.61. The normalized spacial score (nSPS) is 10.0. The van der Waals surface area contributed by atoms with Gasteiger partial charge < -0.3 is 14.8 Å². The number of hydrogen-bond acceptors (Lipinski definition) is 4. The Kier molecular flexibility index (Phi) is 6.68. The lowest BCUT2D eigenvalue weighted by Gasteiger charge is -2.08. The molecule has 1 rings (SSSR count). The van der Waals surface area contributed by atoms with Crippen LogP contribution in [0.5, 0.6) is 5.75 Å². The van der Waals surface area contributed by atoms with Gasteiger partial charge in [-0.3, -0.25) is 0 Å². The van der Waals surface area contributed by atoms with Crippen molar-refractivity contribution >= 4 is 5.97 Å². The molecule has 0 saturated heterocycles. The predicted octanol–water partition coefficient (Wildman–Crippen LogP) is 1.95. The lowest BCUT2D eigenvalue weighted by molar-refractivity contribution is -0.138. The standard InChI is InChI=1S/C15H21NO3/c1-4-19-15(17)12(2)11-16-9-8-13-6-5-7-14(10-13)18-3/h5-7,10,16H,2,4,8-9,11H2,1,3H3. The second kappa shape index (κ2) is 8.32. The van der Waals surface area contributed by atoms with Crippen LogP contribution in [0.3, 0.4) is 0 Å². The van der Waals surface area contributed by atoms with Gasteiger partial charge in [0, 0.05) is 12.1 Å². The van der Waals surface area contributed by atoms with Crippen molar-refractivity contribution in [1.82, 2.24) is 5.32 Å². The number of benzene rings is 1. The first-order valence-corrected chi connectivity index (χ1v) is 6.36. The number of carbonyl (C=O) groups is 1. The number of ether oxygens (including phenoxy) is 2. The highest BCUT2D eigenvalue weighted by atomic mass is 16.5. The summed E-state index contributed by atoms with van der Waals surface area (Å²) < 4.78 is 10.0. The van der Waals surface area contributed by atoms with E-state index in [1.807, 2.05) is 24.3 Å². The Morgan fingerprint density at radius 2 is 2.21 bits per heavy atom. The van der Waals surface area contributed by atoms with E-state index in [9.17, 15) is 4.79 Å². The molecule has 0 fully saturated rings. The second-order valence-electron chi connectivity index (χ2n) is 4.10. The molecule has 1 N–H and O–H groups in total. The molecule has 0 bridgehead atoms. The maximum atomic E-state index is 11.3. The molecule has 0 aliphatic rings. The quantitative estimate of drug-likeness (QED) is 0.442. The first-order chi connectivity index (χ1) is 9.17. The van der Waals surface area contributed by atoms with Crippen LogP contribution in [-0.2, 0) is 16.0 Å². The van der Waals surface area contributed by atoms with E-state index in [1.165, 1.54) is 5.56 Å². The minimum Gasteiger partial charge on any atom is -0.497 e. The highest BCUT2D eigenvalue weighted by molar-refractivity contribution is 5.88. The van der Waals surface area contributed by atoms with Crippen LogP contribution in [0.4, 0.5) is 0 Å². The predicted molar refractivity (Wildman–Crippen MR) is 75.3 cm³/mol. The van der Waals surface area contributed by atoms with Crippen molar-refractivity contribution in [2.75, 3.05) is 26.8 Å². The van der Waals surface area contributed by atoms with Crippen LogP contribution < -0.4 is 10.1 Å². The molecule has 0 saturated carbocycles. The number of rotatable bonds is 8. The maximum absolute atomic E-state index is 11.3. The third kappa shape index (κ3) is 5.57. The van der Waals surface area contributed by atoms with Crippen LogP contribution in [-0.4, -0.2) is 32.8 Å². The highest BCUT2D eigenvalue weighted by Crippen LogP contribution is 2.12. The van der Waals surface area contributed by atoms with E-state index < -0.39 is 0 Å². The number of carbonyl (C=O) groups excluding carboxylic acids is 1. The number of methoxy groups -OCH3 is 1. The Bertz CT molecular complexity index is 429. The summed E-state index contributed by atoms with van der Waals surface area (Å²) >= 11 is 0. The van der Waals surface area contributed by atoms with Crippen LogP contribution in [0.15, 0.2) is 36.4 Å². The largest absolute Gasteiger partial charge is 0.497 e. The molecule has 0 aliphatic heterocycles. The van der Waals surface area contributed by atoms with Crippen molar-refractivity contribution < 1.29 is 14.3 Å². The highest BCUT2D eigenvalue weighted by Gasteiger charge is 2.06. The summed E-state index contributed by atoms with van der Waals surface area (Å²) in [5.41, 5.74) is 1.64. The Balaban J connectivity index is 2.27. The SMILES string of the molecule is C=C(CNCCc1cccc(OC)c1)C(=O)OCC. The molecule has 0 atom stereocenters. The summed E-state index contributed by atoms with van der Waals surface area (Å²) in [6.07, 6.45) is 0.868. The molecule has 19 heavy (non-hydrogen) atoms. The van der Waals surface area contributed by atoms with E-state index in [1.54, 1.807) is 14.0 Å². The molecule has 0 aliphatic carbocycles. The third-order valence-electron chi connectivity index (χ3n) is 2.63. The second-order valence-corrected chi connectivity index (χ2v) is 4.10. The average molecular weight is 263 g/mol. The molecule has 4 nitrogen and oxygen atoms in total. The topological polar surface area (TPSA) is 47.6 Å². The zero-order chi connectivity index (χ0) is 14.1. The fraction of sp³-hybridized carbons (Fsp3) is 0.400. The molecule has 4 heteroatoms. The van der Waals surface area contributed by atoms with Crippen LogP contribution in [0.2, 0.25) is 0 Å². The fourth-order valence-corrected chi connectivity index (χ4v) is 1.61. The van der Waals surface area contributed by atoms with Crippen molar-refractivity contribution in [3.8, 4) is 5.75 Å². The lowest BCUT2D eigenvalue weighted by Crippen LogP contribution is -2.23. The smallest absolute Gasteiger partial charge is 0.334 e. The van der Waals surface area contributed by atoms with Gasteiger partial charge in [-0.1, -0.05) is 18.7 Å². The minimum absolute atomic E-state index is 0.337. The number of nitrogens with one attached hydrogen (secondary N) is 1. The zero-order valence-corrected chi connectivity index (χ0v) is 11.6. The van der Waals surface area contributed by atoms with Crippen LogP contribution in [0, 0.1) is 0 Å². The Labute approximate surface area is 114 Å². The van der Waals surface area contributed by atoms with Gasteiger partial charge in [-0.05, 0) is 37.6 Å². The first-order valence-electron chi connectivity index (χ1n) is 6.36. The van der Waals surface area contributed by atoms with E-state index in [2.05, 4.69) is 11.9 Å². The van der Waals surface area contributed by atoms with E-state index in [0.717, 1.165) is 18.7 Å². The molecule has 0 aromatic heterocycles. The molecule has 0 radical (unpaired) electrons. The van der Waals surface area contributed by atoms with Gasteiger partial charge in [0.25, 0.3) is 0 Å². The van der Waals surface area contributed by atoms with E-state index in [-0.39, 0.29) is 5.97 Å². The summed E-state index contributed by atoms with van der Waals surface area (Å²) in [4.78, 5) is 11.3. The molecule has 0 unspecified atom stereocenters. The van der Waals surface area contributed by atoms with Crippen LogP contribution >= 0.6 is 0 Å². The first kappa shape index (κ1) is 15.2. The van der Waals surface area contributed by atoms with Crippen molar-refractivity contribution in [2.45, 2.75) is 13.3 Å². The van der Waals surface area contributed by atoms with E-state index in [4.69, 9.17) is 9.47 Å². The van der Waals surface area contributed by atoms with Gasteiger partial charge in [0.05, 0.1) is 13.7 Å². The van der Waals surface area contributed by atoms with Gasteiger partial charge in [-0.2, -0.15) is 0 Å². The van der Waals surface area contributed by atoms with Gasteiger partial charge in [-0.25, -0.2) is 4.79 Å². The summed E-state index contributed by atoms with van der Waals surface area (Å²) in [5, 5.41) is 3.17. The number of esters is 1. The Morgan fingerprint density at radius 3 is 2.89 bits per heavy atom. The summed E-state index contributed by atoms with van der Waals surface area (Å²) in [5.74, 6) is 0.518. The van der Waals surface area contributed by atoms with Gasteiger partial charge >= 0.3 is 5.97 Å². The summed E-state index contributed by atoms with van der Waals surface area (Å²) in [7, 11) is 1.65. The zero-order valence-electron chi connectivity index (χ0n) is 11.6. The Morgan fingerprint density at radius 1 is 1.42 bits per heavy atom. The molecule has 1 aromatic rings. The number of hydrogen-bond donors (Lipinski definition) is 1. The maximum Gasteiger partial charge on any atom is 0.334 e. The molecular weight excluding hydrogens is 242 g/mol. The molecule has 0 amide bonds. The van der Waals surface area contributed by atoms with Crippen molar-refractivity contribution in [3.05, 3.63) is 42.0 Å². The van der Waals surface area contributed by atoms with Gasteiger partial charge in [0.15, 0.2) is 0 Å². The lowest BCUT2D eigenvalue weighted by atomic mass is 10.1. The third-order valence-corrected chi connectivity index (χ3v) is 2.63. The van der Waals surface area contributed by atoms with Crippen molar-refractivity contribution in [1.29, 1.82) is 0 Å². The monoisotopic (exact) mass is 263 g/mol. The summed E-state index contributed by atoms with van der Waals surface area (Å²) in [6.45, 7) is 7.06. The van der Waals surface area contributed by atoms with Crippen molar-refractivity contribution in [2.24, 2.45) is 0 Å². The molecule has 1 aromatic carbocycles. The van der Waals surface area contributed by atoms with Gasteiger partial charge in [-0.15, -0.1) is 0 Å². The average Bonchev–Trinajstić information content (AvgIpc) is 2.43. The molecular formula is C15H21NO3. The molecule has 0 spiro atoms. The van der Waals surface area contributed by atoms with E-state index >= 15 is 0 Å². The van der Waals surface area contributed by atoms with Gasteiger partial charge in [0.1, 0.15) is 5.75 Å². The molecule has 104 valence electrons. The van der Waals surface area contributed by atoms with Crippen molar-refractivity contribution in [3.63, 3.8) is 0 Å².